The summed E-state index contributed by atoms with van der Waals surface area (Å²) in [6.45, 7) is 0.434. The summed E-state index contributed by atoms with van der Waals surface area (Å²) in [6, 6.07) is 0. The maximum atomic E-state index is 10.9. The largest absolute Gasteiger partial charge is 0.355 e. The van der Waals surface area contributed by atoms with Gasteiger partial charge in [0.25, 0.3) is 0 Å². The van der Waals surface area contributed by atoms with E-state index in [1.54, 1.807) is 0 Å². The molecule has 0 aliphatic heterocycles. The summed E-state index contributed by atoms with van der Waals surface area (Å²) in [5.41, 5.74) is 7.95. The number of carbonyl (C=O) groups is 1. The second kappa shape index (κ2) is 5.00. The summed E-state index contributed by atoms with van der Waals surface area (Å²) in [4.78, 5) is 13.4. The molecule has 1 amide bonds. The third kappa shape index (κ3) is 3.44. The van der Waals surface area contributed by atoms with Crippen LogP contribution in [0.4, 0.5) is 0 Å². The molecule has 0 saturated heterocycles. The van der Waals surface area contributed by atoms with Gasteiger partial charge in [-0.05, 0) is 5.53 Å². The molecule has 1 aliphatic rings. The lowest BCUT2D eigenvalue weighted by molar-refractivity contribution is -0.119. The van der Waals surface area contributed by atoms with Gasteiger partial charge in [-0.15, -0.1) is 0 Å². The molecule has 1 N–H and O–H groups in total. The Morgan fingerprint density at radius 2 is 2.23 bits per heavy atom. The van der Waals surface area contributed by atoms with Crippen LogP contribution in [-0.4, -0.2) is 19.0 Å². The van der Waals surface area contributed by atoms with Crippen molar-refractivity contribution in [2.24, 2.45) is 11.0 Å². The minimum absolute atomic E-state index is 0.128. The molecule has 5 nitrogen and oxygen atoms in total. The number of nitrogens with one attached hydrogen (secondary N) is 1. The number of rotatable bonds is 4. The second-order valence-electron chi connectivity index (χ2n) is 2.63. The zero-order valence-corrected chi connectivity index (χ0v) is 7.05. The summed E-state index contributed by atoms with van der Waals surface area (Å²) in [7, 11) is 0. The van der Waals surface area contributed by atoms with E-state index in [4.69, 9.17) is 5.53 Å². The molecule has 0 aromatic carbocycles. The van der Waals surface area contributed by atoms with E-state index in [1.807, 2.05) is 24.3 Å². The quantitative estimate of drug-likeness (QED) is 0.391. The van der Waals surface area contributed by atoms with Crippen LogP contribution in [0.1, 0.15) is 0 Å². The lowest BCUT2D eigenvalue weighted by Gasteiger charge is -2.05. The summed E-state index contributed by atoms with van der Waals surface area (Å²) in [5, 5.41) is 5.80. The number of allylic oxidation sites excluding steroid dienone is 2. The first-order valence-electron chi connectivity index (χ1n) is 3.95. The Morgan fingerprint density at radius 3 is 2.85 bits per heavy atom. The Hall–Kier alpha value is -1.74. The molecule has 13 heavy (non-hydrogen) atoms. The summed E-state index contributed by atoms with van der Waals surface area (Å²) in [5.74, 6) is 0.0292. The fourth-order valence-electron chi connectivity index (χ4n) is 0.997. The van der Waals surface area contributed by atoms with Gasteiger partial charge in [0.2, 0.25) is 5.91 Å². The van der Waals surface area contributed by atoms with Gasteiger partial charge in [0.15, 0.2) is 0 Å². The standard InChI is InChI=1S/C8H10N4O/c9-12-11-6-8(13)10-5-7-3-1-2-4-7/h1-4,7H,5-6H2,(H,10,13). The van der Waals surface area contributed by atoms with E-state index in [1.165, 1.54) is 0 Å². The Balaban J connectivity index is 2.18. The Morgan fingerprint density at radius 1 is 1.54 bits per heavy atom. The van der Waals surface area contributed by atoms with Crippen LogP contribution in [0.5, 0.6) is 0 Å². The number of azide groups is 1. The van der Waals surface area contributed by atoms with Gasteiger partial charge < -0.3 is 5.32 Å². The first-order chi connectivity index (χ1) is 6.33. The van der Waals surface area contributed by atoms with Crippen molar-refractivity contribution < 1.29 is 4.79 Å². The van der Waals surface area contributed by atoms with Crippen molar-refractivity contribution in [3.63, 3.8) is 0 Å². The van der Waals surface area contributed by atoms with Gasteiger partial charge in [0, 0.05) is 17.4 Å². The molecule has 0 aromatic heterocycles. The summed E-state index contributed by atoms with van der Waals surface area (Å²) >= 11 is 0. The number of hydrogen-bond acceptors (Lipinski definition) is 2. The van der Waals surface area contributed by atoms with Crippen LogP contribution in [0.2, 0.25) is 0 Å². The molecule has 0 unspecified atom stereocenters. The van der Waals surface area contributed by atoms with Crippen LogP contribution in [0.25, 0.3) is 10.4 Å². The van der Waals surface area contributed by atoms with Crippen molar-refractivity contribution in [1.82, 2.24) is 5.32 Å². The fourth-order valence-corrected chi connectivity index (χ4v) is 0.997. The molecule has 0 fully saturated rings. The average molecular weight is 178 g/mol. The maximum Gasteiger partial charge on any atom is 0.225 e. The highest BCUT2D eigenvalue weighted by atomic mass is 16.1. The third-order valence-electron chi connectivity index (χ3n) is 1.64. The maximum absolute atomic E-state index is 10.9. The fraction of sp³-hybridized carbons (Fsp3) is 0.375. The van der Waals surface area contributed by atoms with Gasteiger partial charge in [-0.2, -0.15) is 0 Å². The van der Waals surface area contributed by atoms with E-state index in [-0.39, 0.29) is 18.4 Å². The first-order valence-corrected chi connectivity index (χ1v) is 3.95. The minimum Gasteiger partial charge on any atom is -0.355 e. The van der Waals surface area contributed by atoms with Crippen molar-refractivity contribution in [3.05, 3.63) is 34.7 Å². The molecule has 0 saturated carbocycles. The summed E-state index contributed by atoms with van der Waals surface area (Å²) < 4.78 is 0. The highest BCUT2D eigenvalue weighted by Crippen LogP contribution is 2.06. The van der Waals surface area contributed by atoms with Crippen molar-refractivity contribution in [2.75, 3.05) is 13.1 Å². The van der Waals surface area contributed by atoms with Gasteiger partial charge in [-0.1, -0.05) is 29.4 Å². The predicted molar refractivity (Wildman–Crippen MR) is 48.8 cm³/mol. The van der Waals surface area contributed by atoms with E-state index in [9.17, 15) is 4.79 Å². The van der Waals surface area contributed by atoms with Crippen molar-refractivity contribution in [3.8, 4) is 0 Å². The highest BCUT2D eigenvalue weighted by molar-refractivity contribution is 5.78. The predicted octanol–water partition coefficient (Wildman–Crippen LogP) is 1.16. The van der Waals surface area contributed by atoms with E-state index in [0.29, 0.717) is 6.54 Å². The normalized spacial score (nSPS) is 14.2. The molecule has 0 atom stereocenters. The van der Waals surface area contributed by atoms with E-state index >= 15 is 0 Å². The van der Waals surface area contributed by atoms with Gasteiger partial charge in [-0.3, -0.25) is 4.79 Å². The molecule has 0 radical (unpaired) electrons. The molecule has 68 valence electrons. The lowest BCUT2D eigenvalue weighted by Crippen LogP contribution is -2.29. The average Bonchev–Trinajstić information content (AvgIpc) is 2.64. The Labute approximate surface area is 75.8 Å². The molecule has 1 rings (SSSR count). The molecule has 0 aromatic rings. The van der Waals surface area contributed by atoms with Crippen LogP contribution in [0.15, 0.2) is 29.4 Å². The number of nitrogens with zero attached hydrogens (tertiary/aromatic N) is 3. The SMILES string of the molecule is [N-]=[N+]=NCC(=O)NCC1C=CC=C1. The van der Waals surface area contributed by atoms with Crippen LogP contribution in [0.3, 0.4) is 0 Å². The van der Waals surface area contributed by atoms with Crippen LogP contribution in [-0.2, 0) is 4.79 Å². The van der Waals surface area contributed by atoms with Crippen molar-refractivity contribution >= 4 is 5.91 Å². The zero-order valence-electron chi connectivity index (χ0n) is 7.05. The lowest BCUT2D eigenvalue weighted by atomic mass is 10.2. The molecule has 1 aliphatic carbocycles. The monoisotopic (exact) mass is 178 g/mol. The Kier molecular flexibility index (Phi) is 3.60. The molecule has 5 heteroatoms. The Bertz CT molecular complexity index is 277. The van der Waals surface area contributed by atoms with Gasteiger partial charge in [0.1, 0.15) is 6.54 Å². The van der Waals surface area contributed by atoms with E-state index in [0.717, 1.165) is 0 Å². The smallest absolute Gasteiger partial charge is 0.225 e. The number of hydrogen-bond donors (Lipinski definition) is 1. The molecule has 0 heterocycles. The highest BCUT2D eigenvalue weighted by Gasteiger charge is 2.05. The molecule has 0 spiro atoms. The summed E-state index contributed by atoms with van der Waals surface area (Å²) in [6.07, 6.45) is 7.86. The van der Waals surface area contributed by atoms with Crippen LogP contribution in [0, 0.1) is 5.92 Å². The van der Waals surface area contributed by atoms with E-state index < -0.39 is 0 Å². The van der Waals surface area contributed by atoms with Crippen LogP contribution >= 0.6 is 0 Å². The van der Waals surface area contributed by atoms with E-state index in [2.05, 4.69) is 15.3 Å². The van der Waals surface area contributed by atoms with Gasteiger partial charge in [0.05, 0.1) is 0 Å². The molecular formula is C8H10N4O. The molecule has 0 bridgehead atoms. The van der Waals surface area contributed by atoms with Gasteiger partial charge in [-0.25, -0.2) is 0 Å². The van der Waals surface area contributed by atoms with Crippen molar-refractivity contribution in [1.29, 1.82) is 0 Å². The number of amides is 1. The molecular weight excluding hydrogens is 168 g/mol. The zero-order chi connectivity index (χ0) is 9.52. The number of carbonyl (C=O) groups excluding carboxylic acids is 1. The van der Waals surface area contributed by atoms with Crippen LogP contribution < -0.4 is 5.32 Å². The second-order valence-corrected chi connectivity index (χ2v) is 2.63. The van der Waals surface area contributed by atoms with Crippen molar-refractivity contribution in [2.45, 2.75) is 0 Å². The first kappa shape index (κ1) is 9.35. The van der Waals surface area contributed by atoms with Gasteiger partial charge >= 0.3 is 0 Å². The third-order valence-corrected chi connectivity index (χ3v) is 1.64. The topological polar surface area (TPSA) is 77.9 Å². The minimum atomic E-state index is -0.244.